The summed E-state index contributed by atoms with van der Waals surface area (Å²) in [5.74, 6) is -0.775. The molecule has 3 aromatic heterocycles. The maximum Gasteiger partial charge on any atom is 0.315 e. The molecule has 3 aromatic rings. The van der Waals surface area contributed by atoms with Gasteiger partial charge in [0.15, 0.2) is 11.9 Å². The lowest BCUT2D eigenvalue weighted by Crippen LogP contribution is -2.61. The summed E-state index contributed by atoms with van der Waals surface area (Å²) in [4.78, 5) is 65.7. The molecule has 5 N–H and O–H groups in total. The fourth-order valence-corrected chi connectivity index (χ4v) is 7.10. The van der Waals surface area contributed by atoms with Crippen LogP contribution in [-0.2, 0) is 21.4 Å². The maximum atomic E-state index is 14.5. The van der Waals surface area contributed by atoms with E-state index >= 15 is 0 Å². The zero-order chi connectivity index (χ0) is 38.1. The maximum absolute atomic E-state index is 14.5. The molecular weight excluding hydrogens is 687 g/mol. The zero-order valence-corrected chi connectivity index (χ0v) is 32.4. The predicted octanol–water partition coefficient (Wildman–Crippen LogP) is 3.19. The lowest BCUT2D eigenvalue weighted by atomic mass is 9.85. The summed E-state index contributed by atoms with van der Waals surface area (Å²) in [5, 5.41) is 28.6. The van der Waals surface area contributed by atoms with Gasteiger partial charge in [0.25, 0.3) is 5.91 Å². The molecule has 1 saturated heterocycles. The highest BCUT2D eigenvalue weighted by molar-refractivity contribution is 7.17. The number of carbonyl (C=O) groups is 4. The van der Waals surface area contributed by atoms with Gasteiger partial charge < -0.3 is 36.0 Å². The van der Waals surface area contributed by atoms with Gasteiger partial charge in [0.1, 0.15) is 28.6 Å². The van der Waals surface area contributed by atoms with Crippen LogP contribution in [0.3, 0.4) is 0 Å². The van der Waals surface area contributed by atoms with Crippen LogP contribution in [0.25, 0.3) is 21.7 Å². The number of urea groups is 1. The molecule has 15 nitrogen and oxygen atoms in total. The second kappa shape index (κ2) is 15.3. The Hall–Kier alpha value is -4.31. The summed E-state index contributed by atoms with van der Waals surface area (Å²) in [5.41, 5.74) is 1.03. The van der Waals surface area contributed by atoms with Crippen molar-refractivity contribution in [3.8, 4) is 17.4 Å². The third-order valence-corrected chi connectivity index (χ3v) is 10.0. The van der Waals surface area contributed by atoms with Gasteiger partial charge in [-0.05, 0) is 69.4 Å². The quantitative estimate of drug-likeness (QED) is 0.186. The standard InChI is InChI=1S/C36H53N9O6S/c1-10-11-22(26(46)31(48)38-20-12-13-20)40-30(47)24-16-21(18-45(24)33(49)28(35(3,4)5)41-34(50)43-36(6,7)8)51-32-27-23(14-15-52-27)39-29(42-32)25-19(2)17-37-44(25)9/h14-15,17,20-22,24,26,28,46H,10-13,16,18H2,1-9H3,(H,38,48)(H,40,47)(H2,41,43,50)/t21-,22+,24+,26?,28-/m1/s1. The minimum absolute atomic E-state index is 0.0200. The van der Waals surface area contributed by atoms with Crippen molar-refractivity contribution in [2.45, 2.75) is 129 Å². The van der Waals surface area contributed by atoms with Crippen molar-refractivity contribution < 1.29 is 29.0 Å². The van der Waals surface area contributed by atoms with Crippen molar-refractivity contribution in [1.29, 1.82) is 0 Å². The van der Waals surface area contributed by atoms with E-state index in [1.807, 2.05) is 73.9 Å². The number of likely N-dealkylation sites (tertiary alicyclic amines) is 1. The molecule has 2 fully saturated rings. The van der Waals surface area contributed by atoms with Gasteiger partial charge in [0.2, 0.25) is 17.7 Å². The van der Waals surface area contributed by atoms with E-state index in [-0.39, 0.29) is 19.0 Å². The summed E-state index contributed by atoms with van der Waals surface area (Å²) in [6.45, 7) is 14.9. The van der Waals surface area contributed by atoms with Gasteiger partial charge in [0.05, 0.1) is 24.3 Å². The Balaban J connectivity index is 1.46. The molecule has 52 heavy (non-hydrogen) atoms. The van der Waals surface area contributed by atoms with E-state index in [1.165, 1.54) is 16.2 Å². The first-order chi connectivity index (χ1) is 24.4. The number of aliphatic hydroxyl groups excluding tert-OH is 1. The summed E-state index contributed by atoms with van der Waals surface area (Å²) in [6, 6.07) is -1.51. The number of aromatic nitrogens is 4. The van der Waals surface area contributed by atoms with Crippen LogP contribution in [0.5, 0.6) is 5.88 Å². The van der Waals surface area contributed by atoms with Gasteiger partial charge >= 0.3 is 6.03 Å². The number of amides is 5. The molecule has 2 aliphatic rings. The number of nitrogens with one attached hydrogen (secondary N) is 4. The van der Waals surface area contributed by atoms with Crippen LogP contribution < -0.4 is 26.0 Å². The molecule has 1 saturated carbocycles. The normalized spacial score (nSPS) is 19.5. The molecular formula is C36H53N9O6S. The number of rotatable bonds is 12. The van der Waals surface area contributed by atoms with Crippen molar-refractivity contribution in [2.24, 2.45) is 12.5 Å². The molecule has 4 heterocycles. The molecule has 1 unspecified atom stereocenters. The second-order valence-electron chi connectivity index (χ2n) is 16.0. The molecule has 5 rings (SSSR count). The molecule has 5 amide bonds. The Bertz CT molecular complexity index is 1770. The number of aliphatic hydroxyl groups is 1. The predicted molar refractivity (Wildman–Crippen MR) is 198 cm³/mol. The molecule has 1 aliphatic carbocycles. The lowest BCUT2D eigenvalue weighted by Gasteiger charge is -2.36. The first-order valence-electron chi connectivity index (χ1n) is 17.9. The van der Waals surface area contributed by atoms with Gasteiger partial charge in [-0.25, -0.2) is 9.78 Å². The van der Waals surface area contributed by atoms with E-state index < -0.39 is 65.0 Å². The number of aryl methyl sites for hydroxylation is 2. The third-order valence-electron chi connectivity index (χ3n) is 9.11. The van der Waals surface area contributed by atoms with E-state index in [4.69, 9.17) is 14.7 Å². The second-order valence-corrected chi connectivity index (χ2v) is 17.0. The Morgan fingerprint density at radius 1 is 1.10 bits per heavy atom. The summed E-state index contributed by atoms with van der Waals surface area (Å²) < 4.78 is 8.99. The van der Waals surface area contributed by atoms with Gasteiger partial charge in [-0.15, -0.1) is 11.3 Å². The van der Waals surface area contributed by atoms with Crippen molar-refractivity contribution in [3.63, 3.8) is 0 Å². The first kappa shape index (κ1) is 38.9. The third kappa shape index (κ3) is 9.18. The van der Waals surface area contributed by atoms with Crippen LogP contribution in [0, 0.1) is 12.3 Å². The van der Waals surface area contributed by atoms with E-state index in [0.717, 1.165) is 28.8 Å². The number of nitrogens with zero attached hydrogens (tertiary/aromatic N) is 5. The van der Waals surface area contributed by atoms with Crippen molar-refractivity contribution >= 4 is 45.3 Å². The van der Waals surface area contributed by atoms with E-state index in [2.05, 4.69) is 26.4 Å². The molecule has 0 spiro atoms. The zero-order valence-electron chi connectivity index (χ0n) is 31.6. The Labute approximate surface area is 308 Å². The van der Waals surface area contributed by atoms with Crippen molar-refractivity contribution in [3.05, 3.63) is 23.2 Å². The Morgan fingerprint density at radius 2 is 1.81 bits per heavy atom. The fourth-order valence-electron chi connectivity index (χ4n) is 6.34. The molecule has 16 heteroatoms. The van der Waals surface area contributed by atoms with E-state index in [1.54, 1.807) is 10.9 Å². The van der Waals surface area contributed by atoms with Gasteiger partial charge in [-0.3, -0.25) is 19.1 Å². The van der Waals surface area contributed by atoms with Crippen LogP contribution in [0.4, 0.5) is 4.79 Å². The number of ether oxygens (including phenoxy) is 1. The van der Waals surface area contributed by atoms with E-state index in [0.29, 0.717) is 30.1 Å². The van der Waals surface area contributed by atoms with Crippen LogP contribution in [0.15, 0.2) is 17.6 Å². The molecule has 1 aliphatic heterocycles. The Morgan fingerprint density at radius 3 is 2.40 bits per heavy atom. The largest absolute Gasteiger partial charge is 0.471 e. The number of fused-ring (bicyclic) bond motifs is 1. The highest BCUT2D eigenvalue weighted by Crippen LogP contribution is 2.34. The van der Waals surface area contributed by atoms with Crippen LogP contribution in [-0.4, -0.2) is 102 Å². The highest BCUT2D eigenvalue weighted by atomic mass is 32.1. The number of hydrogen-bond acceptors (Lipinski definition) is 10. The highest BCUT2D eigenvalue weighted by Gasteiger charge is 2.47. The first-order valence-corrected chi connectivity index (χ1v) is 18.8. The minimum atomic E-state index is -1.46. The SMILES string of the molecule is CCC[C@H](NC(=O)[C@@H]1C[C@@H](Oc2nc(-c3c(C)cnn3C)nc3ccsc23)CN1C(=O)[C@@H](NC(=O)NC(C)(C)C)C(C)(C)C)C(O)C(=O)NC1CC1. The molecule has 0 bridgehead atoms. The van der Waals surface area contributed by atoms with Crippen LogP contribution in [0.2, 0.25) is 0 Å². The molecule has 5 atom stereocenters. The number of thiophene rings is 1. The van der Waals surface area contributed by atoms with Crippen LogP contribution >= 0.6 is 11.3 Å². The average molecular weight is 740 g/mol. The molecule has 0 radical (unpaired) electrons. The Kier molecular flexibility index (Phi) is 11.5. The molecule has 0 aromatic carbocycles. The van der Waals surface area contributed by atoms with Gasteiger partial charge in [-0.2, -0.15) is 10.1 Å². The number of hydrogen-bond donors (Lipinski definition) is 5. The van der Waals surface area contributed by atoms with Gasteiger partial charge in [-0.1, -0.05) is 34.1 Å². The fraction of sp³-hybridized carbons (Fsp3) is 0.639. The summed E-state index contributed by atoms with van der Waals surface area (Å²) >= 11 is 1.42. The summed E-state index contributed by atoms with van der Waals surface area (Å²) in [7, 11) is 1.81. The molecule has 284 valence electrons. The van der Waals surface area contributed by atoms with Crippen molar-refractivity contribution in [2.75, 3.05) is 6.54 Å². The monoisotopic (exact) mass is 739 g/mol. The minimum Gasteiger partial charge on any atom is -0.471 e. The lowest BCUT2D eigenvalue weighted by molar-refractivity contribution is -0.143. The topological polar surface area (TPSA) is 193 Å². The average Bonchev–Trinajstić information content (AvgIpc) is 3.39. The van der Waals surface area contributed by atoms with Crippen LogP contribution in [0.1, 0.15) is 86.1 Å². The van der Waals surface area contributed by atoms with Crippen molar-refractivity contribution in [1.82, 2.24) is 45.9 Å². The van der Waals surface area contributed by atoms with E-state index in [9.17, 15) is 24.3 Å². The van der Waals surface area contributed by atoms with Gasteiger partial charge in [0, 0.05) is 25.0 Å². The smallest absolute Gasteiger partial charge is 0.315 e. The summed E-state index contributed by atoms with van der Waals surface area (Å²) in [6.07, 6.45) is 2.36. The number of carbonyl (C=O) groups excluding carboxylic acids is 4.